The van der Waals surface area contributed by atoms with E-state index in [2.05, 4.69) is 14.9 Å². The number of aliphatic hydroxyl groups is 1. The second-order valence-corrected chi connectivity index (χ2v) is 6.12. The molecule has 1 saturated carbocycles. The number of aromatic amines is 1. The largest absolute Gasteiger partial charge is 0.392 e. The van der Waals surface area contributed by atoms with Gasteiger partial charge in [-0.2, -0.15) is 5.10 Å². The SMILES string of the molecule is Cc1[nH]nc(S(=O)(=O)NCC2CCC2)c1CO. The Morgan fingerprint density at radius 1 is 1.53 bits per heavy atom. The van der Waals surface area contributed by atoms with E-state index in [0.29, 0.717) is 23.7 Å². The molecule has 17 heavy (non-hydrogen) atoms. The van der Waals surface area contributed by atoms with Crippen LogP contribution in [0.5, 0.6) is 0 Å². The monoisotopic (exact) mass is 259 g/mol. The summed E-state index contributed by atoms with van der Waals surface area (Å²) in [5.41, 5.74) is 0.919. The van der Waals surface area contributed by atoms with Crippen LogP contribution in [0.2, 0.25) is 0 Å². The van der Waals surface area contributed by atoms with E-state index < -0.39 is 10.0 Å². The highest BCUT2D eigenvalue weighted by atomic mass is 32.2. The summed E-state index contributed by atoms with van der Waals surface area (Å²) in [6, 6.07) is 0. The van der Waals surface area contributed by atoms with Crippen LogP contribution in [0.15, 0.2) is 5.03 Å². The lowest BCUT2D eigenvalue weighted by molar-refractivity contribution is 0.277. The summed E-state index contributed by atoms with van der Waals surface area (Å²) in [5.74, 6) is 0.447. The molecule has 2 rings (SSSR count). The Kier molecular flexibility index (Phi) is 3.50. The van der Waals surface area contributed by atoms with Crippen LogP contribution in [0.1, 0.15) is 30.5 Å². The first kappa shape index (κ1) is 12.5. The lowest BCUT2D eigenvalue weighted by Crippen LogP contribution is -2.32. The van der Waals surface area contributed by atoms with Gasteiger partial charge in [0.15, 0.2) is 5.03 Å². The molecule has 1 aliphatic carbocycles. The first-order valence-electron chi connectivity index (χ1n) is 5.69. The summed E-state index contributed by atoms with van der Waals surface area (Å²) < 4.78 is 26.5. The van der Waals surface area contributed by atoms with Crippen molar-refractivity contribution >= 4 is 10.0 Å². The number of hydrogen-bond acceptors (Lipinski definition) is 4. The van der Waals surface area contributed by atoms with Gasteiger partial charge in [-0.1, -0.05) is 6.42 Å². The number of nitrogens with one attached hydrogen (secondary N) is 2. The molecule has 7 heteroatoms. The molecular formula is C10H17N3O3S. The molecule has 1 heterocycles. The van der Waals surface area contributed by atoms with Crippen LogP contribution in [0.4, 0.5) is 0 Å². The highest BCUT2D eigenvalue weighted by Gasteiger charge is 2.25. The zero-order valence-corrected chi connectivity index (χ0v) is 10.5. The Morgan fingerprint density at radius 2 is 2.24 bits per heavy atom. The van der Waals surface area contributed by atoms with E-state index in [0.717, 1.165) is 12.8 Å². The van der Waals surface area contributed by atoms with Crippen molar-refractivity contribution in [3.63, 3.8) is 0 Å². The molecule has 1 aromatic heterocycles. The number of sulfonamides is 1. The van der Waals surface area contributed by atoms with E-state index in [1.54, 1.807) is 6.92 Å². The Balaban J connectivity index is 2.12. The molecule has 0 aromatic carbocycles. The maximum atomic E-state index is 12.0. The van der Waals surface area contributed by atoms with Gasteiger partial charge in [-0.3, -0.25) is 5.10 Å². The molecule has 0 atom stereocenters. The van der Waals surface area contributed by atoms with Crippen molar-refractivity contribution in [2.75, 3.05) is 6.54 Å². The number of hydrogen-bond donors (Lipinski definition) is 3. The van der Waals surface area contributed by atoms with Crippen molar-refractivity contribution in [2.24, 2.45) is 5.92 Å². The molecule has 0 amide bonds. The fraction of sp³-hybridized carbons (Fsp3) is 0.700. The van der Waals surface area contributed by atoms with Crippen molar-refractivity contribution in [3.8, 4) is 0 Å². The molecular weight excluding hydrogens is 242 g/mol. The van der Waals surface area contributed by atoms with Gasteiger partial charge in [0.25, 0.3) is 10.0 Å². The average Bonchev–Trinajstić information content (AvgIpc) is 2.57. The maximum Gasteiger partial charge on any atom is 0.260 e. The number of aromatic nitrogens is 2. The summed E-state index contributed by atoms with van der Waals surface area (Å²) in [6.07, 6.45) is 3.33. The van der Waals surface area contributed by atoms with Gasteiger partial charge in [-0.25, -0.2) is 13.1 Å². The van der Waals surface area contributed by atoms with E-state index >= 15 is 0 Å². The van der Waals surface area contributed by atoms with E-state index in [9.17, 15) is 8.42 Å². The number of aryl methyl sites for hydroxylation is 1. The van der Waals surface area contributed by atoms with Crippen LogP contribution >= 0.6 is 0 Å². The lowest BCUT2D eigenvalue weighted by atomic mass is 9.86. The van der Waals surface area contributed by atoms with Crippen LogP contribution < -0.4 is 4.72 Å². The summed E-state index contributed by atoms with van der Waals surface area (Å²) >= 11 is 0. The third-order valence-corrected chi connectivity index (χ3v) is 4.63. The predicted molar refractivity (Wildman–Crippen MR) is 61.8 cm³/mol. The van der Waals surface area contributed by atoms with Gasteiger partial charge in [0.1, 0.15) is 0 Å². The Morgan fingerprint density at radius 3 is 2.76 bits per heavy atom. The predicted octanol–water partition coefficient (Wildman–Crippen LogP) is 0.289. The number of rotatable bonds is 5. The van der Waals surface area contributed by atoms with Gasteiger partial charge in [0.05, 0.1) is 6.61 Å². The second-order valence-electron chi connectivity index (χ2n) is 4.44. The molecule has 0 bridgehead atoms. The van der Waals surface area contributed by atoms with Crippen molar-refractivity contribution in [2.45, 2.75) is 37.8 Å². The van der Waals surface area contributed by atoms with Crippen LogP contribution in [-0.2, 0) is 16.6 Å². The van der Waals surface area contributed by atoms with Crippen LogP contribution in [-0.4, -0.2) is 30.3 Å². The van der Waals surface area contributed by atoms with Gasteiger partial charge >= 0.3 is 0 Å². The molecule has 6 nitrogen and oxygen atoms in total. The summed E-state index contributed by atoms with van der Waals surface area (Å²) in [4.78, 5) is 0. The highest BCUT2D eigenvalue weighted by molar-refractivity contribution is 7.89. The standard InChI is InChI=1S/C10H17N3O3S/c1-7-9(6-14)10(13-12-7)17(15,16)11-5-8-3-2-4-8/h8,11,14H,2-6H2,1H3,(H,12,13). The molecule has 3 N–H and O–H groups in total. The Hall–Kier alpha value is -0.920. The fourth-order valence-corrected chi connectivity index (χ4v) is 3.13. The highest BCUT2D eigenvalue weighted by Crippen LogP contribution is 2.26. The molecule has 0 aliphatic heterocycles. The molecule has 0 saturated heterocycles. The second kappa shape index (κ2) is 4.75. The minimum absolute atomic E-state index is 0.0863. The zero-order chi connectivity index (χ0) is 12.5. The molecule has 0 unspecified atom stereocenters. The molecule has 96 valence electrons. The normalized spacial score (nSPS) is 17.1. The van der Waals surface area contributed by atoms with E-state index in [1.807, 2.05) is 0 Å². The topological polar surface area (TPSA) is 95.1 Å². The molecule has 0 spiro atoms. The zero-order valence-electron chi connectivity index (χ0n) is 9.73. The third kappa shape index (κ3) is 2.51. The lowest BCUT2D eigenvalue weighted by Gasteiger charge is -2.25. The molecule has 1 fully saturated rings. The third-order valence-electron chi connectivity index (χ3n) is 3.24. The van der Waals surface area contributed by atoms with Crippen LogP contribution in [0, 0.1) is 12.8 Å². The van der Waals surface area contributed by atoms with Gasteiger partial charge < -0.3 is 5.11 Å². The Labute approximate surface area is 100 Å². The first-order valence-corrected chi connectivity index (χ1v) is 7.17. The van der Waals surface area contributed by atoms with Gasteiger partial charge in [-0.15, -0.1) is 0 Å². The van der Waals surface area contributed by atoms with Crippen molar-refractivity contribution in [1.29, 1.82) is 0 Å². The van der Waals surface area contributed by atoms with Gasteiger partial charge in [0, 0.05) is 17.8 Å². The van der Waals surface area contributed by atoms with Crippen LogP contribution in [0.3, 0.4) is 0 Å². The number of nitrogens with zero attached hydrogens (tertiary/aromatic N) is 1. The first-order chi connectivity index (χ1) is 8.04. The van der Waals surface area contributed by atoms with Gasteiger partial charge in [-0.05, 0) is 25.7 Å². The van der Waals surface area contributed by atoms with Gasteiger partial charge in [0.2, 0.25) is 0 Å². The fourth-order valence-electron chi connectivity index (χ4n) is 1.83. The van der Waals surface area contributed by atoms with Crippen molar-refractivity contribution in [3.05, 3.63) is 11.3 Å². The minimum Gasteiger partial charge on any atom is -0.392 e. The van der Waals surface area contributed by atoms with E-state index in [-0.39, 0.29) is 11.6 Å². The van der Waals surface area contributed by atoms with E-state index in [4.69, 9.17) is 5.11 Å². The Bertz CT molecular complexity index is 491. The average molecular weight is 259 g/mol. The number of H-pyrrole nitrogens is 1. The van der Waals surface area contributed by atoms with Crippen molar-refractivity contribution in [1.82, 2.24) is 14.9 Å². The smallest absolute Gasteiger partial charge is 0.260 e. The summed E-state index contributed by atoms with van der Waals surface area (Å²) in [7, 11) is -3.61. The molecule has 0 radical (unpaired) electrons. The molecule has 1 aromatic rings. The molecule has 1 aliphatic rings. The maximum absolute atomic E-state index is 12.0. The summed E-state index contributed by atoms with van der Waals surface area (Å²) in [6.45, 7) is 1.81. The minimum atomic E-state index is -3.61. The van der Waals surface area contributed by atoms with E-state index in [1.165, 1.54) is 6.42 Å². The number of aliphatic hydroxyl groups excluding tert-OH is 1. The quantitative estimate of drug-likeness (QED) is 0.708. The van der Waals surface area contributed by atoms with Crippen molar-refractivity contribution < 1.29 is 13.5 Å². The summed E-state index contributed by atoms with van der Waals surface area (Å²) in [5, 5.41) is 15.4. The van der Waals surface area contributed by atoms with Crippen LogP contribution in [0.25, 0.3) is 0 Å².